The first kappa shape index (κ1) is 14.3. The molecule has 5 heteroatoms. The van der Waals surface area contributed by atoms with E-state index in [4.69, 9.17) is 9.84 Å². The van der Waals surface area contributed by atoms with Crippen LogP contribution in [0.1, 0.15) is 23.7 Å². The van der Waals surface area contributed by atoms with E-state index in [2.05, 4.69) is 0 Å². The van der Waals surface area contributed by atoms with Gasteiger partial charge in [-0.15, -0.1) is 0 Å². The van der Waals surface area contributed by atoms with Gasteiger partial charge in [0, 0.05) is 25.3 Å². The van der Waals surface area contributed by atoms with E-state index in [0.29, 0.717) is 30.8 Å². The Bertz CT molecular complexity index is 406. The summed E-state index contributed by atoms with van der Waals surface area (Å²) >= 11 is 0. The van der Waals surface area contributed by atoms with Crippen molar-refractivity contribution in [3.8, 4) is 11.5 Å². The number of nitrogens with zero attached hydrogens (tertiary/aromatic N) is 1. The zero-order valence-electron chi connectivity index (χ0n) is 10.7. The first-order valence-electron chi connectivity index (χ1n) is 5.91. The fraction of sp³-hybridized carbons (Fsp3) is 0.462. The minimum absolute atomic E-state index is 0.0532. The number of ether oxygens (including phenoxy) is 1. The first-order valence-corrected chi connectivity index (χ1v) is 5.91. The van der Waals surface area contributed by atoms with Crippen molar-refractivity contribution in [1.82, 2.24) is 4.90 Å². The molecule has 2 N–H and O–H groups in total. The van der Waals surface area contributed by atoms with Crippen molar-refractivity contribution in [3.05, 3.63) is 23.8 Å². The monoisotopic (exact) mass is 253 g/mol. The lowest BCUT2D eigenvalue weighted by atomic mass is 10.1. The summed E-state index contributed by atoms with van der Waals surface area (Å²) in [4.78, 5) is 13.7. The second-order valence-corrected chi connectivity index (χ2v) is 3.85. The average molecular weight is 253 g/mol. The maximum absolute atomic E-state index is 12.1. The number of rotatable bonds is 6. The molecule has 5 nitrogen and oxygen atoms in total. The Hall–Kier alpha value is -1.75. The lowest BCUT2D eigenvalue weighted by Gasteiger charge is -2.20. The van der Waals surface area contributed by atoms with Crippen LogP contribution in [-0.2, 0) is 0 Å². The lowest BCUT2D eigenvalue weighted by molar-refractivity contribution is 0.0754. The Balaban J connectivity index is 2.84. The molecular formula is C13H19NO4. The first-order chi connectivity index (χ1) is 8.63. The zero-order chi connectivity index (χ0) is 13.5. The van der Waals surface area contributed by atoms with Crippen LogP contribution < -0.4 is 4.74 Å². The third kappa shape index (κ3) is 3.37. The van der Waals surface area contributed by atoms with Crippen LogP contribution in [0.25, 0.3) is 0 Å². The van der Waals surface area contributed by atoms with Crippen LogP contribution in [0.15, 0.2) is 18.2 Å². The van der Waals surface area contributed by atoms with Crippen molar-refractivity contribution in [2.75, 3.05) is 26.8 Å². The quantitative estimate of drug-likeness (QED) is 0.800. The van der Waals surface area contributed by atoms with Gasteiger partial charge in [0.25, 0.3) is 5.91 Å². The van der Waals surface area contributed by atoms with Crippen LogP contribution in [0.4, 0.5) is 0 Å². The molecule has 18 heavy (non-hydrogen) atoms. The molecule has 0 fully saturated rings. The molecule has 1 amide bonds. The number of aromatic hydroxyl groups is 1. The molecule has 0 heterocycles. The van der Waals surface area contributed by atoms with Crippen molar-refractivity contribution in [2.45, 2.75) is 13.3 Å². The van der Waals surface area contributed by atoms with Gasteiger partial charge in [0.1, 0.15) is 0 Å². The molecule has 0 bridgehead atoms. The summed E-state index contributed by atoms with van der Waals surface area (Å²) in [7, 11) is 1.45. The van der Waals surface area contributed by atoms with Gasteiger partial charge in [-0.25, -0.2) is 0 Å². The van der Waals surface area contributed by atoms with Crippen LogP contribution in [0.3, 0.4) is 0 Å². The summed E-state index contributed by atoms with van der Waals surface area (Å²) in [5, 5.41) is 18.4. The van der Waals surface area contributed by atoms with Gasteiger partial charge in [-0.3, -0.25) is 4.79 Å². The summed E-state index contributed by atoms with van der Waals surface area (Å²) in [6, 6.07) is 4.56. The molecular weight excluding hydrogens is 234 g/mol. The van der Waals surface area contributed by atoms with Gasteiger partial charge in [0.05, 0.1) is 7.11 Å². The van der Waals surface area contributed by atoms with Crippen molar-refractivity contribution in [1.29, 1.82) is 0 Å². The highest BCUT2D eigenvalue weighted by Crippen LogP contribution is 2.26. The van der Waals surface area contributed by atoms with Crippen LogP contribution in [0.2, 0.25) is 0 Å². The molecule has 1 rings (SSSR count). The minimum atomic E-state index is -0.163. The smallest absolute Gasteiger partial charge is 0.253 e. The highest BCUT2D eigenvalue weighted by atomic mass is 16.5. The van der Waals surface area contributed by atoms with Gasteiger partial charge in [0.15, 0.2) is 11.5 Å². The van der Waals surface area contributed by atoms with Crippen LogP contribution in [-0.4, -0.2) is 47.8 Å². The third-order valence-corrected chi connectivity index (χ3v) is 2.68. The molecule has 0 aliphatic rings. The summed E-state index contributed by atoms with van der Waals surface area (Å²) in [5.74, 6) is 0.121. The third-order valence-electron chi connectivity index (χ3n) is 2.68. The Kier molecular flexibility index (Phi) is 5.45. The van der Waals surface area contributed by atoms with E-state index >= 15 is 0 Å². The number of methoxy groups -OCH3 is 1. The fourth-order valence-corrected chi connectivity index (χ4v) is 1.67. The number of phenols is 1. The SMILES string of the molecule is CCN(CCCO)C(=O)c1ccc(OC)c(O)c1. The van der Waals surface area contributed by atoms with Crippen molar-refractivity contribution < 1.29 is 19.7 Å². The van der Waals surface area contributed by atoms with Gasteiger partial charge in [-0.05, 0) is 31.5 Å². The van der Waals surface area contributed by atoms with Gasteiger partial charge >= 0.3 is 0 Å². The maximum atomic E-state index is 12.1. The predicted molar refractivity (Wildman–Crippen MR) is 67.9 cm³/mol. The molecule has 0 aliphatic heterocycles. The Morgan fingerprint density at radius 2 is 2.17 bits per heavy atom. The number of aliphatic hydroxyl groups is 1. The largest absolute Gasteiger partial charge is 0.504 e. The van der Waals surface area contributed by atoms with E-state index < -0.39 is 0 Å². The number of carbonyl (C=O) groups excluding carboxylic acids is 1. The maximum Gasteiger partial charge on any atom is 0.253 e. The molecule has 0 aliphatic carbocycles. The highest BCUT2D eigenvalue weighted by Gasteiger charge is 2.15. The summed E-state index contributed by atoms with van der Waals surface area (Å²) < 4.78 is 4.92. The number of benzene rings is 1. The average Bonchev–Trinajstić information content (AvgIpc) is 2.39. The second kappa shape index (κ2) is 6.86. The molecule has 0 saturated heterocycles. The molecule has 0 unspecified atom stereocenters. The van der Waals surface area contributed by atoms with Gasteiger partial charge in [0.2, 0.25) is 0 Å². The summed E-state index contributed by atoms with van der Waals surface area (Å²) in [6.45, 7) is 2.99. The van der Waals surface area contributed by atoms with E-state index in [1.807, 2.05) is 6.92 Å². The highest BCUT2D eigenvalue weighted by molar-refractivity contribution is 5.94. The number of amides is 1. The predicted octanol–water partition coefficient (Wildman–Crippen LogP) is 1.25. The number of aliphatic hydroxyl groups excluding tert-OH is 1. The van der Waals surface area contributed by atoms with E-state index in [9.17, 15) is 9.90 Å². The molecule has 0 spiro atoms. The van der Waals surface area contributed by atoms with Gasteiger partial charge in [-0.2, -0.15) is 0 Å². The summed E-state index contributed by atoms with van der Waals surface area (Å²) in [6.07, 6.45) is 0.543. The normalized spacial score (nSPS) is 10.2. The molecule has 0 atom stereocenters. The molecule has 1 aromatic carbocycles. The molecule has 100 valence electrons. The number of phenolic OH excluding ortho intramolecular Hbond substituents is 1. The topological polar surface area (TPSA) is 70.0 Å². The van der Waals surface area contributed by atoms with Gasteiger partial charge in [-0.1, -0.05) is 0 Å². The van der Waals surface area contributed by atoms with E-state index in [-0.39, 0.29) is 18.3 Å². The van der Waals surface area contributed by atoms with E-state index in [1.54, 1.807) is 17.0 Å². The number of hydrogen-bond donors (Lipinski definition) is 2. The number of carbonyl (C=O) groups is 1. The Morgan fingerprint density at radius 1 is 1.44 bits per heavy atom. The minimum Gasteiger partial charge on any atom is -0.504 e. The van der Waals surface area contributed by atoms with Gasteiger partial charge < -0.3 is 19.8 Å². The molecule has 1 aromatic rings. The molecule has 0 radical (unpaired) electrons. The standard InChI is InChI=1S/C13H19NO4/c1-3-14(7-4-8-15)13(17)10-5-6-12(18-2)11(16)9-10/h5-6,9,15-16H,3-4,7-8H2,1-2H3. The second-order valence-electron chi connectivity index (χ2n) is 3.85. The number of hydrogen-bond acceptors (Lipinski definition) is 4. The van der Waals surface area contributed by atoms with E-state index in [0.717, 1.165) is 0 Å². The van der Waals surface area contributed by atoms with Crippen molar-refractivity contribution >= 4 is 5.91 Å². The van der Waals surface area contributed by atoms with Crippen LogP contribution in [0, 0.1) is 0 Å². The molecule has 0 aromatic heterocycles. The zero-order valence-corrected chi connectivity index (χ0v) is 10.7. The summed E-state index contributed by atoms with van der Waals surface area (Å²) in [5.41, 5.74) is 0.410. The van der Waals surface area contributed by atoms with Crippen LogP contribution in [0.5, 0.6) is 11.5 Å². The Labute approximate surface area is 107 Å². The van der Waals surface area contributed by atoms with Crippen molar-refractivity contribution in [3.63, 3.8) is 0 Å². The van der Waals surface area contributed by atoms with Crippen LogP contribution >= 0.6 is 0 Å². The van der Waals surface area contributed by atoms with E-state index in [1.165, 1.54) is 13.2 Å². The fourth-order valence-electron chi connectivity index (χ4n) is 1.67. The lowest BCUT2D eigenvalue weighted by Crippen LogP contribution is -2.32. The van der Waals surface area contributed by atoms with Crippen molar-refractivity contribution in [2.24, 2.45) is 0 Å². The molecule has 0 saturated carbocycles. The Morgan fingerprint density at radius 3 is 2.67 bits per heavy atom.